The van der Waals surface area contributed by atoms with Gasteiger partial charge in [-0.2, -0.15) is 10.2 Å². The Kier molecular flexibility index (Phi) is 6.67. The quantitative estimate of drug-likeness (QED) is 0.454. The number of benzene rings is 2. The summed E-state index contributed by atoms with van der Waals surface area (Å²) in [5.74, 6) is 3.45. The third-order valence-corrected chi connectivity index (χ3v) is 3.06. The van der Waals surface area contributed by atoms with Gasteiger partial charge in [0.05, 0.1) is 22.5 Å². The number of azo groups is 1. The predicted molar refractivity (Wildman–Crippen MR) is 95.3 cm³/mol. The van der Waals surface area contributed by atoms with E-state index in [1.54, 1.807) is 48.5 Å². The highest BCUT2D eigenvalue weighted by Gasteiger charge is 2.07. The molecule has 0 unspecified atom stereocenters. The number of nitrogens with zero attached hydrogens (tertiary/aromatic N) is 2. The van der Waals surface area contributed by atoms with Gasteiger partial charge in [0.1, 0.15) is 0 Å². The molecule has 0 aliphatic rings. The van der Waals surface area contributed by atoms with Crippen LogP contribution in [-0.4, -0.2) is 25.2 Å². The van der Waals surface area contributed by atoms with Crippen molar-refractivity contribution in [2.75, 3.05) is 13.2 Å². The van der Waals surface area contributed by atoms with Gasteiger partial charge in [-0.3, -0.25) is 0 Å². The number of hydrogen-bond acceptors (Lipinski definition) is 6. The fraction of sp³-hybridized carbons (Fsp3) is 0.100. The highest BCUT2D eigenvalue weighted by molar-refractivity contribution is 5.90. The summed E-state index contributed by atoms with van der Waals surface area (Å²) >= 11 is 0. The molecule has 0 saturated carbocycles. The molecule has 0 saturated heterocycles. The van der Waals surface area contributed by atoms with Crippen LogP contribution in [0.5, 0.6) is 0 Å². The van der Waals surface area contributed by atoms with Crippen molar-refractivity contribution >= 4 is 23.3 Å². The van der Waals surface area contributed by atoms with Crippen LogP contribution in [0.25, 0.3) is 0 Å². The summed E-state index contributed by atoms with van der Waals surface area (Å²) < 4.78 is 9.65. The van der Waals surface area contributed by atoms with Crippen molar-refractivity contribution in [2.24, 2.45) is 10.2 Å². The first kappa shape index (κ1) is 18.4. The van der Waals surface area contributed by atoms with Crippen LogP contribution in [-0.2, 0) is 9.47 Å². The molecule has 6 heteroatoms. The molecule has 0 radical (unpaired) electrons. The van der Waals surface area contributed by atoms with Crippen LogP contribution in [0.3, 0.4) is 0 Å². The number of carbonyl (C=O) groups excluding carboxylic acids is 2. The Morgan fingerprint density at radius 2 is 1.08 bits per heavy atom. The zero-order valence-electron chi connectivity index (χ0n) is 13.7. The third-order valence-electron chi connectivity index (χ3n) is 3.06. The molecule has 2 rings (SSSR count). The average molecular weight is 346 g/mol. The maximum absolute atomic E-state index is 11.6. The van der Waals surface area contributed by atoms with Gasteiger partial charge in [0.25, 0.3) is 0 Å². The van der Waals surface area contributed by atoms with Gasteiger partial charge in [-0.05, 0) is 48.5 Å². The molecule has 0 bridgehead atoms. The maximum atomic E-state index is 11.6. The Morgan fingerprint density at radius 1 is 0.731 bits per heavy atom. The third kappa shape index (κ3) is 5.33. The second-order valence-electron chi connectivity index (χ2n) is 4.85. The Morgan fingerprint density at radius 3 is 1.38 bits per heavy atom. The average Bonchev–Trinajstić information content (AvgIpc) is 2.69. The van der Waals surface area contributed by atoms with E-state index in [9.17, 15) is 9.59 Å². The van der Waals surface area contributed by atoms with E-state index in [1.165, 1.54) is 0 Å². The summed E-state index contributed by atoms with van der Waals surface area (Å²) in [6.45, 7) is -0.154. The van der Waals surface area contributed by atoms with Gasteiger partial charge in [0.2, 0.25) is 0 Å². The lowest BCUT2D eigenvalue weighted by atomic mass is 10.2. The molecule has 0 N–H and O–H groups in total. The molecule has 2 aromatic rings. The number of terminal acetylenes is 2. The van der Waals surface area contributed by atoms with E-state index in [0.717, 1.165) is 0 Å². The Bertz CT molecular complexity index is 810. The van der Waals surface area contributed by atoms with Gasteiger partial charge >= 0.3 is 11.9 Å². The summed E-state index contributed by atoms with van der Waals surface area (Å²) in [6.07, 6.45) is 10.1. The highest BCUT2D eigenvalue weighted by Crippen LogP contribution is 2.19. The van der Waals surface area contributed by atoms with Crippen molar-refractivity contribution in [3.8, 4) is 24.7 Å². The van der Waals surface area contributed by atoms with Crippen molar-refractivity contribution in [2.45, 2.75) is 0 Å². The summed E-state index contributed by atoms with van der Waals surface area (Å²) in [7, 11) is 0. The fourth-order valence-electron chi connectivity index (χ4n) is 1.82. The predicted octanol–water partition coefficient (Wildman–Crippen LogP) is 3.68. The Hall–Kier alpha value is -3.90. The number of carbonyl (C=O) groups is 2. The molecule has 0 amide bonds. The topological polar surface area (TPSA) is 77.3 Å². The lowest BCUT2D eigenvalue weighted by Gasteiger charge is -2.01. The van der Waals surface area contributed by atoms with Gasteiger partial charge in [0.15, 0.2) is 13.2 Å². The monoisotopic (exact) mass is 346 g/mol. The van der Waals surface area contributed by atoms with E-state index in [2.05, 4.69) is 22.1 Å². The second-order valence-corrected chi connectivity index (χ2v) is 4.85. The molecule has 0 atom stereocenters. The normalized spacial score (nSPS) is 9.92. The Balaban J connectivity index is 1.99. The van der Waals surface area contributed by atoms with E-state index >= 15 is 0 Å². The summed E-state index contributed by atoms with van der Waals surface area (Å²) in [4.78, 5) is 23.3. The molecule has 0 fully saturated rings. The van der Waals surface area contributed by atoms with Crippen molar-refractivity contribution in [3.63, 3.8) is 0 Å². The van der Waals surface area contributed by atoms with E-state index in [0.29, 0.717) is 22.5 Å². The molecule has 0 aliphatic carbocycles. The number of esters is 2. The minimum absolute atomic E-state index is 0.0768. The molecule has 6 nitrogen and oxygen atoms in total. The number of hydrogen-bond donors (Lipinski definition) is 0. The van der Waals surface area contributed by atoms with Gasteiger partial charge in [0, 0.05) is 0 Å². The minimum Gasteiger partial charge on any atom is -0.449 e. The molecule has 26 heavy (non-hydrogen) atoms. The van der Waals surface area contributed by atoms with E-state index in [1.807, 2.05) is 0 Å². The smallest absolute Gasteiger partial charge is 0.339 e. The van der Waals surface area contributed by atoms with Crippen molar-refractivity contribution in [1.29, 1.82) is 0 Å². The van der Waals surface area contributed by atoms with Gasteiger partial charge in [-0.25, -0.2) is 9.59 Å². The van der Waals surface area contributed by atoms with Crippen LogP contribution < -0.4 is 0 Å². The largest absolute Gasteiger partial charge is 0.449 e. The molecule has 2 aromatic carbocycles. The fourth-order valence-corrected chi connectivity index (χ4v) is 1.82. The minimum atomic E-state index is -0.501. The van der Waals surface area contributed by atoms with Gasteiger partial charge in [-0.15, -0.1) is 12.8 Å². The lowest BCUT2D eigenvalue weighted by molar-refractivity contribution is 0.0547. The first-order valence-corrected chi connectivity index (χ1v) is 7.47. The summed E-state index contributed by atoms with van der Waals surface area (Å²) in [6, 6.07) is 12.8. The zero-order valence-corrected chi connectivity index (χ0v) is 13.7. The molecule has 128 valence electrons. The summed E-state index contributed by atoms with van der Waals surface area (Å²) in [5.41, 5.74) is 1.84. The van der Waals surface area contributed by atoms with E-state index in [-0.39, 0.29) is 13.2 Å². The van der Waals surface area contributed by atoms with Crippen molar-refractivity contribution in [3.05, 3.63) is 59.7 Å². The zero-order chi connectivity index (χ0) is 18.8. The lowest BCUT2D eigenvalue weighted by Crippen LogP contribution is -2.04. The van der Waals surface area contributed by atoms with Crippen LogP contribution in [0.2, 0.25) is 0 Å². The molecule has 0 aromatic heterocycles. The molecular weight excluding hydrogens is 332 g/mol. The van der Waals surface area contributed by atoms with Gasteiger partial charge in [-0.1, -0.05) is 11.8 Å². The highest BCUT2D eigenvalue weighted by atomic mass is 16.5. The van der Waals surface area contributed by atoms with Crippen LogP contribution in [0.1, 0.15) is 20.7 Å². The molecule has 0 aliphatic heterocycles. The molecule has 0 spiro atoms. The van der Waals surface area contributed by atoms with Crippen LogP contribution in [0.4, 0.5) is 11.4 Å². The Labute approximate surface area is 150 Å². The second kappa shape index (κ2) is 9.41. The summed E-state index contributed by atoms with van der Waals surface area (Å²) in [5, 5.41) is 8.12. The van der Waals surface area contributed by atoms with Gasteiger partial charge < -0.3 is 9.47 Å². The van der Waals surface area contributed by atoms with Crippen LogP contribution >= 0.6 is 0 Å². The number of ether oxygens (including phenoxy) is 2. The van der Waals surface area contributed by atoms with E-state index in [4.69, 9.17) is 22.3 Å². The molecule has 0 heterocycles. The van der Waals surface area contributed by atoms with Crippen molar-refractivity contribution in [1.82, 2.24) is 0 Å². The number of rotatable bonds is 6. The SMILES string of the molecule is C#CCOC(=O)c1ccc(N=Nc2ccc(C(=O)OCC#C)cc2)cc1. The molecular formula is C20H14N2O4. The first-order valence-electron chi connectivity index (χ1n) is 7.47. The maximum Gasteiger partial charge on any atom is 0.339 e. The van der Waals surface area contributed by atoms with Crippen LogP contribution in [0.15, 0.2) is 58.8 Å². The van der Waals surface area contributed by atoms with Crippen LogP contribution in [0, 0.1) is 24.7 Å². The van der Waals surface area contributed by atoms with Crippen molar-refractivity contribution < 1.29 is 19.1 Å². The van der Waals surface area contributed by atoms with E-state index < -0.39 is 11.9 Å². The standard InChI is InChI=1S/C20H14N2O4/c1-3-13-25-19(23)15-5-9-17(10-6-15)21-22-18-11-7-16(8-12-18)20(24)26-14-4-2/h1-2,5-12H,13-14H2. The first-order chi connectivity index (χ1) is 12.6.